The molecule has 0 saturated carbocycles. The highest BCUT2D eigenvalue weighted by Gasteiger charge is 2.04. The van der Waals surface area contributed by atoms with Crippen LogP contribution in [0.3, 0.4) is 0 Å². The van der Waals surface area contributed by atoms with Gasteiger partial charge in [-0.3, -0.25) is 0 Å². The second kappa shape index (κ2) is 5.90. The Balaban J connectivity index is 2.83. The first-order valence-electron chi connectivity index (χ1n) is 4.45. The van der Waals surface area contributed by atoms with Crippen LogP contribution in [0.15, 0.2) is 24.3 Å². The number of rotatable bonds is 4. The maximum Gasteiger partial charge on any atom is 0.106 e. The Morgan fingerprint density at radius 2 is 1.60 bits per heavy atom. The Labute approximate surface area is 94.1 Å². The number of benzene rings is 1. The van der Waals surface area contributed by atoms with Crippen molar-refractivity contribution in [3.63, 3.8) is 0 Å². The summed E-state index contributed by atoms with van der Waals surface area (Å²) in [6.45, 7) is 0.432. The van der Waals surface area contributed by atoms with E-state index in [4.69, 9.17) is 22.1 Å². The van der Waals surface area contributed by atoms with Gasteiger partial charge in [-0.25, -0.2) is 0 Å². The molecule has 15 heavy (non-hydrogen) atoms. The second-order valence-electron chi connectivity index (χ2n) is 2.97. The predicted molar refractivity (Wildman–Crippen MR) is 59.4 cm³/mol. The number of hydrogen-bond donors (Lipinski definition) is 0. The number of nitriles is 2. The summed E-state index contributed by atoms with van der Waals surface area (Å²) in [4.78, 5) is 1.71. The van der Waals surface area contributed by atoms with E-state index in [0.29, 0.717) is 5.88 Å². The summed E-state index contributed by atoms with van der Waals surface area (Å²) in [5.74, 6) is 0.469. The highest BCUT2D eigenvalue weighted by Crippen LogP contribution is 2.15. The van der Waals surface area contributed by atoms with Crippen molar-refractivity contribution in [1.29, 1.82) is 10.5 Å². The molecule has 0 amide bonds. The average molecular weight is 220 g/mol. The van der Waals surface area contributed by atoms with Gasteiger partial charge in [-0.15, -0.1) is 11.6 Å². The van der Waals surface area contributed by atoms with E-state index in [0.717, 1.165) is 11.3 Å². The molecule has 0 unspecified atom stereocenters. The molecule has 0 aliphatic carbocycles. The van der Waals surface area contributed by atoms with Crippen molar-refractivity contribution >= 4 is 17.3 Å². The molecule has 0 atom stereocenters. The Morgan fingerprint density at radius 3 is 2.00 bits per heavy atom. The van der Waals surface area contributed by atoms with E-state index >= 15 is 0 Å². The standard InChI is InChI=1S/C11H10ClN3/c12-9-10-1-3-11(4-2-10)15(7-5-13)8-6-14/h1-4H,7-9H2. The molecule has 0 aromatic heterocycles. The van der Waals surface area contributed by atoms with Crippen molar-refractivity contribution in [3.05, 3.63) is 29.8 Å². The molecule has 0 saturated heterocycles. The molecular formula is C11H10ClN3. The Kier molecular flexibility index (Phi) is 4.47. The smallest absolute Gasteiger partial charge is 0.106 e. The maximum absolute atomic E-state index is 8.60. The first-order chi connectivity index (χ1) is 7.31. The quantitative estimate of drug-likeness (QED) is 0.577. The summed E-state index contributed by atoms with van der Waals surface area (Å²) in [6, 6.07) is 11.6. The average Bonchev–Trinajstić information content (AvgIpc) is 2.29. The topological polar surface area (TPSA) is 50.8 Å². The molecule has 0 heterocycles. The van der Waals surface area contributed by atoms with E-state index in [1.54, 1.807) is 4.90 Å². The van der Waals surface area contributed by atoms with E-state index < -0.39 is 0 Å². The van der Waals surface area contributed by atoms with Crippen LogP contribution in [-0.4, -0.2) is 13.1 Å². The van der Waals surface area contributed by atoms with Gasteiger partial charge >= 0.3 is 0 Å². The summed E-state index contributed by atoms with van der Waals surface area (Å²) in [5.41, 5.74) is 1.89. The SMILES string of the molecule is N#CCN(CC#N)c1ccc(CCl)cc1. The van der Waals surface area contributed by atoms with Gasteiger partial charge in [-0.2, -0.15) is 10.5 Å². The Morgan fingerprint density at radius 1 is 1.07 bits per heavy atom. The summed E-state index contributed by atoms with van der Waals surface area (Å²) in [7, 11) is 0. The molecule has 3 nitrogen and oxygen atoms in total. The molecule has 1 rings (SSSR count). The first-order valence-corrected chi connectivity index (χ1v) is 4.99. The monoisotopic (exact) mass is 219 g/mol. The number of anilines is 1. The van der Waals surface area contributed by atoms with Gasteiger partial charge in [0, 0.05) is 11.6 Å². The molecule has 0 bridgehead atoms. The fraction of sp³-hybridized carbons (Fsp3) is 0.273. The molecule has 1 aromatic carbocycles. The van der Waals surface area contributed by atoms with Crippen LogP contribution < -0.4 is 4.90 Å². The summed E-state index contributed by atoms with van der Waals surface area (Å²) >= 11 is 5.66. The molecule has 0 aliphatic heterocycles. The highest BCUT2D eigenvalue weighted by molar-refractivity contribution is 6.17. The lowest BCUT2D eigenvalue weighted by Gasteiger charge is -2.17. The second-order valence-corrected chi connectivity index (χ2v) is 3.24. The van der Waals surface area contributed by atoms with Crippen LogP contribution in [0.4, 0.5) is 5.69 Å². The van der Waals surface area contributed by atoms with Gasteiger partial charge < -0.3 is 4.90 Å². The minimum absolute atomic E-state index is 0.216. The Hall–Kier alpha value is -1.71. The van der Waals surface area contributed by atoms with Gasteiger partial charge in [-0.1, -0.05) is 12.1 Å². The molecule has 4 heteroatoms. The van der Waals surface area contributed by atoms with E-state index in [9.17, 15) is 0 Å². The third kappa shape index (κ3) is 3.16. The lowest BCUT2D eigenvalue weighted by atomic mass is 10.2. The lowest BCUT2D eigenvalue weighted by Crippen LogP contribution is -2.23. The van der Waals surface area contributed by atoms with Crippen molar-refractivity contribution in [2.45, 2.75) is 5.88 Å². The number of nitrogens with zero attached hydrogens (tertiary/aromatic N) is 3. The summed E-state index contributed by atoms with van der Waals surface area (Å²) < 4.78 is 0. The molecule has 0 fully saturated rings. The normalized spacial score (nSPS) is 9.00. The zero-order valence-corrected chi connectivity index (χ0v) is 8.91. The van der Waals surface area contributed by atoms with E-state index in [-0.39, 0.29) is 13.1 Å². The minimum atomic E-state index is 0.216. The van der Waals surface area contributed by atoms with E-state index in [1.165, 1.54) is 0 Å². The summed E-state index contributed by atoms with van der Waals surface area (Å²) in [5, 5.41) is 17.2. The van der Waals surface area contributed by atoms with E-state index in [2.05, 4.69) is 0 Å². The summed E-state index contributed by atoms with van der Waals surface area (Å²) in [6.07, 6.45) is 0. The Bertz CT molecular complexity index is 370. The molecule has 0 N–H and O–H groups in total. The van der Waals surface area contributed by atoms with Crippen molar-refractivity contribution in [1.82, 2.24) is 0 Å². The van der Waals surface area contributed by atoms with Crippen LogP contribution in [0.1, 0.15) is 5.56 Å². The third-order valence-corrected chi connectivity index (χ3v) is 2.29. The van der Waals surface area contributed by atoms with Crippen LogP contribution in [0.5, 0.6) is 0 Å². The maximum atomic E-state index is 8.60. The highest BCUT2D eigenvalue weighted by atomic mass is 35.5. The van der Waals surface area contributed by atoms with Gasteiger partial charge in [0.1, 0.15) is 13.1 Å². The lowest BCUT2D eigenvalue weighted by molar-refractivity contribution is 0.966. The molecule has 1 aromatic rings. The van der Waals surface area contributed by atoms with Crippen LogP contribution in [-0.2, 0) is 5.88 Å². The van der Waals surface area contributed by atoms with Gasteiger partial charge in [0.25, 0.3) is 0 Å². The van der Waals surface area contributed by atoms with Crippen LogP contribution in [0.2, 0.25) is 0 Å². The van der Waals surface area contributed by atoms with Crippen molar-refractivity contribution in [2.24, 2.45) is 0 Å². The van der Waals surface area contributed by atoms with Gasteiger partial charge in [0.15, 0.2) is 0 Å². The minimum Gasteiger partial charge on any atom is -0.345 e. The van der Waals surface area contributed by atoms with Crippen LogP contribution in [0.25, 0.3) is 0 Å². The predicted octanol–water partition coefficient (Wildman–Crippen LogP) is 2.28. The molecule has 76 valence electrons. The fourth-order valence-corrected chi connectivity index (χ4v) is 1.38. The molecule has 0 aliphatic rings. The largest absolute Gasteiger partial charge is 0.345 e. The molecule has 0 spiro atoms. The van der Waals surface area contributed by atoms with Gasteiger partial charge in [-0.05, 0) is 17.7 Å². The van der Waals surface area contributed by atoms with Gasteiger partial charge in [0.05, 0.1) is 12.1 Å². The van der Waals surface area contributed by atoms with Crippen molar-refractivity contribution in [3.8, 4) is 12.1 Å². The third-order valence-electron chi connectivity index (χ3n) is 1.98. The zero-order valence-electron chi connectivity index (χ0n) is 8.15. The number of hydrogen-bond acceptors (Lipinski definition) is 3. The van der Waals surface area contributed by atoms with E-state index in [1.807, 2.05) is 36.4 Å². The van der Waals surface area contributed by atoms with Crippen LogP contribution in [0, 0.1) is 22.7 Å². The zero-order chi connectivity index (χ0) is 11.1. The van der Waals surface area contributed by atoms with Crippen molar-refractivity contribution < 1.29 is 0 Å². The molecule has 0 radical (unpaired) electrons. The van der Waals surface area contributed by atoms with Crippen LogP contribution >= 0.6 is 11.6 Å². The first kappa shape index (κ1) is 11.4. The number of halogens is 1. The number of alkyl halides is 1. The van der Waals surface area contributed by atoms with Crippen molar-refractivity contribution in [2.75, 3.05) is 18.0 Å². The van der Waals surface area contributed by atoms with Gasteiger partial charge in [0.2, 0.25) is 0 Å². The fourth-order valence-electron chi connectivity index (χ4n) is 1.21. The molecular weight excluding hydrogens is 210 g/mol.